The molecule has 0 fully saturated rings. The van der Waals surface area contributed by atoms with Gasteiger partial charge < -0.3 is 0 Å². The lowest BCUT2D eigenvalue weighted by Gasteiger charge is -1.92. The van der Waals surface area contributed by atoms with E-state index in [-0.39, 0.29) is 0 Å². The first kappa shape index (κ1) is 6.34. The van der Waals surface area contributed by atoms with Gasteiger partial charge in [0.05, 0.1) is 6.20 Å². The van der Waals surface area contributed by atoms with Crippen molar-refractivity contribution in [2.45, 2.75) is 13.8 Å². The van der Waals surface area contributed by atoms with Crippen molar-refractivity contribution in [3.05, 3.63) is 23.7 Å². The molecular weight excluding hydrogens is 138 g/mol. The van der Waals surface area contributed by atoms with E-state index in [0.717, 1.165) is 11.2 Å². The molecule has 1 N–H and O–H groups in total. The maximum absolute atomic E-state index is 4.09. The molecule has 56 valence electrons. The van der Waals surface area contributed by atoms with Crippen molar-refractivity contribution in [2.75, 3.05) is 0 Å². The van der Waals surface area contributed by atoms with Gasteiger partial charge in [-0.1, -0.05) is 0 Å². The number of pyridine rings is 1. The summed E-state index contributed by atoms with van der Waals surface area (Å²) in [4.78, 5) is 4.04. The van der Waals surface area contributed by atoms with Gasteiger partial charge in [-0.2, -0.15) is 5.10 Å². The third-order valence-corrected chi connectivity index (χ3v) is 1.83. The lowest BCUT2D eigenvalue weighted by molar-refractivity contribution is 1.07. The molecule has 2 aromatic heterocycles. The Labute approximate surface area is 64.5 Å². The number of aromatic nitrogens is 3. The van der Waals surface area contributed by atoms with Gasteiger partial charge in [0.1, 0.15) is 5.52 Å². The summed E-state index contributed by atoms with van der Waals surface area (Å²) in [7, 11) is 0. The zero-order valence-electron chi connectivity index (χ0n) is 6.55. The zero-order valence-corrected chi connectivity index (χ0v) is 6.55. The van der Waals surface area contributed by atoms with E-state index in [0.29, 0.717) is 0 Å². The summed E-state index contributed by atoms with van der Waals surface area (Å²) in [6, 6.07) is 0. The largest absolute Gasteiger partial charge is 0.282 e. The van der Waals surface area contributed by atoms with Crippen molar-refractivity contribution in [1.82, 2.24) is 15.2 Å². The minimum atomic E-state index is 0.947. The summed E-state index contributed by atoms with van der Waals surface area (Å²) >= 11 is 0. The van der Waals surface area contributed by atoms with E-state index in [1.807, 2.05) is 20.0 Å². The summed E-state index contributed by atoms with van der Waals surface area (Å²) in [6.45, 7) is 4.06. The Hall–Kier alpha value is -1.38. The Bertz CT molecular complexity index is 389. The van der Waals surface area contributed by atoms with Gasteiger partial charge >= 0.3 is 0 Å². The summed E-state index contributed by atoms with van der Waals surface area (Å²) in [5.41, 5.74) is 3.23. The molecule has 0 saturated carbocycles. The molecule has 0 aliphatic carbocycles. The van der Waals surface area contributed by atoms with Crippen LogP contribution < -0.4 is 0 Å². The van der Waals surface area contributed by atoms with Gasteiger partial charge in [-0.25, -0.2) is 0 Å². The molecule has 0 spiro atoms. The molecule has 0 bridgehead atoms. The number of hydrogen-bond donors (Lipinski definition) is 1. The fourth-order valence-corrected chi connectivity index (χ4v) is 1.32. The quantitative estimate of drug-likeness (QED) is 0.614. The fraction of sp³-hybridized carbons (Fsp3) is 0.250. The Kier molecular flexibility index (Phi) is 1.18. The molecule has 0 atom stereocenters. The summed E-state index contributed by atoms with van der Waals surface area (Å²) < 4.78 is 0. The van der Waals surface area contributed by atoms with Crippen LogP contribution in [0.5, 0.6) is 0 Å². The number of aryl methyl sites for hydroxylation is 2. The van der Waals surface area contributed by atoms with E-state index in [9.17, 15) is 0 Å². The van der Waals surface area contributed by atoms with Crippen LogP contribution in [0.15, 0.2) is 12.4 Å². The van der Waals surface area contributed by atoms with Gasteiger partial charge in [0.25, 0.3) is 0 Å². The van der Waals surface area contributed by atoms with Crippen molar-refractivity contribution in [2.24, 2.45) is 0 Å². The van der Waals surface area contributed by atoms with Gasteiger partial charge in [0, 0.05) is 17.3 Å². The van der Waals surface area contributed by atoms with Gasteiger partial charge in [-0.3, -0.25) is 10.1 Å². The predicted octanol–water partition coefficient (Wildman–Crippen LogP) is 1.57. The van der Waals surface area contributed by atoms with Crippen molar-refractivity contribution in [1.29, 1.82) is 0 Å². The molecule has 2 heterocycles. The molecule has 0 unspecified atom stereocenters. The van der Waals surface area contributed by atoms with Crippen LogP contribution in [0, 0.1) is 13.8 Å². The first-order valence-corrected chi connectivity index (χ1v) is 3.54. The molecule has 0 aliphatic rings. The van der Waals surface area contributed by atoms with Gasteiger partial charge in [-0.15, -0.1) is 0 Å². The maximum Gasteiger partial charge on any atom is 0.111 e. The average molecular weight is 147 g/mol. The molecule has 2 aromatic rings. The van der Waals surface area contributed by atoms with E-state index < -0.39 is 0 Å². The Morgan fingerprint density at radius 2 is 2.09 bits per heavy atom. The first-order chi connectivity index (χ1) is 5.29. The lowest BCUT2D eigenvalue weighted by atomic mass is 10.2. The summed E-state index contributed by atoms with van der Waals surface area (Å²) in [5.74, 6) is 0. The monoisotopic (exact) mass is 147 g/mol. The van der Waals surface area contributed by atoms with E-state index in [4.69, 9.17) is 0 Å². The first-order valence-electron chi connectivity index (χ1n) is 3.54. The van der Waals surface area contributed by atoms with Crippen LogP contribution in [0.3, 0.4) is 0 Å². The third-order valence-electron chi connectivity index (χ3n) is 1.83. The van der Waals surface area contributed by atoms with Crippen LogP contribution in [-0.2, 0) is 0 Å². The summed E-state index contributed by atoms with van der Waals surface area (Å²) in [5, 5.41) is 8.21. The van der Waals surface area contributed by atoms with Crippen LogP contribution >= 0.6 is 0 Å². The number of hydrogen-bond acceptors (Lipinski definition) is 2. The number of nitrogens with one attached hydrogen (secondary N) is 1. The third kappa shape index (κ3) is 0.808. The number of fused-ring (bicyclic) bond motifs is 1. The molecule has 3 nitrogen and oxygen atoms in total. The lowest BCUT2D eigenvalue weighted by Crippen LogP contribution is -1.78. The molecule has 3 heteroatoms. The maximum atomic E-state index is 4.09. The molecule has 0 radical (unpaired) electrons. The Balaban J connectivity index is 2.96. The number of H-pyrrole nitrogens is 1. The van der Waals surface area contributed by atoms with Crippen LogP contribution in [0.2, 0.25) is 0 Å². The molecular formula is C8H9N3. The molecule has 2 rings (SSSR count). The molecule has 11 heavy (non-hydrogen) atoms. The number of rotatable bonds is 0. The van der Waals surface area contributed by atoms with Crippen molar-refractivity contribution in [3.8, 4) is 0 Å². The van der Waals surface area contributed by atoms with Gasteiger partial charge in [0.2, 0.25) is 0 Å². The van der Waals surface area contributed by atoms with E-state index in [2.05, 4.69) is 15.2 Å². The Morgan fingerprint density at radius 1 is 1.27 bits per heavy atom. The number of aromatic amines is 1. The normalized spacial score (nSPS) is 10.7. The second kappa shape index (κ2) is 2.05. The topological polar surface area (TPSA) is 41.6 Å². The highest BCUT2D eigenvalue weighted by molar-refractivity contribution is 5.83. The van der Waals surface area contributed by atoms with E-state index >= 15 is 0 Å². The SMILES string of the molecule is Cc1cncc2n[nH]c(C)c12. The zero-order chi connectivity index (χ0) is 7.84. The minimum Gasteiger partial charge on any atom is -0.282 e. The molecule has 0 saturated heterocycles. The highest BCUT2D eigenvalue weighted by atomic mass is 15.1. The van der Waals surface area contributed by atoms with Crippen molar-refractivity contribution >= 4 is 10.9 Å². The van der Waals surface area contributed by atoms with Gasteiger partial charge in [0.15, 0.2) is 0 Å². The molecule has 0 aliphatic heterocycles. The second-order valence-electron chi connectivity index (χ2n) is 2.70. The van der Waals surface area contributed by atoms with Crippen LogP contribution in [0.4, 0.5) is 0 Å². The van der Waals surface area contributed by atoms with E-state index in [1.54, 1.807) is 6.20 Å². The highest BCUT2D eigenvalue weighted by Crippen LogP contribution is 2.16. The second-order valence-corrected chi connectivity index (χ2v) is 2.70. The molecule has 0 amide bonds. The van der Waals surface area contributed by atoms with Crippen molar-refractivity contribution < 1.29 is 0 Å². The Morgan fingerprint density at radius 3 is 2.82 bits per heavy atom. The number of nitrogens with zero attached hydrogens (tertiary/aromatic N) is 2. The predicted molar refractivity (Wildman–Crippen MR) is 43.4 cm³/mol. The minimum absolute atomic E-state index is 0.947. The highest BCUT2D eigenvalue weighted by Gasteiger charge is 2.02. The molecule has 0 aromatic carbocycles. The van der Waals surface area contributed by atoms with Crippen LogP contribution in [0.1, 0.15) is 11.3 Å². The fourth-order valence-electron chi connectivity index (χ4n) is 1.32. The van der Waals surface area contributed by atoms with E-state index in [1.165, 1.54) is 10.9 Å². The van der Waals surface area contributed by atoms with Crippen LogP contribution in [0.25, 0.3) is 10.9 Å². The standard InChI is InChI=1S/C8H9N3/c1-5-3-9-4-7-8(5)6(2)10-11-7/h3-4H,1-2H3,(H,10,11). The average Bonchev–Trinajstić information content (AvgIpc) is 2.34. The van der Waals surface area contributed by atoms with Gasteiger partial charge in [-0.05, 0) is 19.4 Å². The smallest absolute Gasteiger partial charge is 0.111 e. The van der Waals surface area contributed by atoms with Crippen LogP contribution in [-0.4, -0.2) is 15.2 Å². The van der Waals surface area contributed by atoms with Crippen molar-refractivity contribution in [3.63, 3.8) is 0 Å². The summed E-state index contributed by atoms with van der Waals surface area (Å²) in [6.07, 6.45) is 3.62.